The van der Waals surface area contributed by atoms with Crippen molar-refractivity contribution in [3.63, 3.8) is 0 Å². The molecule has 7 nitrogen and oxygen atoms in total. The van der Waals surface area contributed by atoms with Crippen molar-refractivity contribution in [2.45, 2.75) is 66.2 Å². The molecule has 3 heterocycles. The highest BCUT2D eigenvalue weighted by molar-refractivity contribution is 5.90. The van der Waals surface area contributed by atoms with E-state index in [0.717, 1.165) is 62.1 Å². The molecule has 2 aliphatic rings. The number of aromatic amines is 1. The van der Waals surface area contributed by atoms with Crippen LogP contribution in [0.15, 0.2) is 0 Å². The van der Waals surface area contributed by atoms with Gasteiger partial charge in [-0.2, -0.15) is 0 Å². The zero-order valence-electron chi connectivity index (χ0n) is 19.5. The fraction of sp³-hybridized carbons (Fsp3) is 0.708. The molecule has 3 rings (SSSR count). The van der Waals surface area contributed by atoms with E-state index in [4.69, 9.17) is 4.74 Å². The summed E-state index contributed by atoms with van der Waals surface area (Å²) in [6, 6.07) is 0. The zero-order chi connectivity index (χ0) is 22.5. The first-order chi connectivity index (χ1) is 14.8. The van der Waals surface area contributed by atoms with E-state index >= 15 is 0 Å². The predicted octanol–water partition coefficient (Wildman–Crippen LogP) is 3.24. The van der Waals surface area contributed by atoms with Crippen molar-refractivity contribution in [1.29, 1.82) is 0 Å². The van der Waals surface area contributed by atoms with Crippen LogP contribution < -0.4 is 0 Å². The Morgan fingerprint density at radius 1 is 1.06 bits per heavy atom. The molecule has 0 radical (unpaired) electrons. The number of hydrogen-bond acceptors (Lipinski definition) is 4. The van der Waals surface area contributed by atoms with Crippen LogP contribution in [-0.4, -0.2) is 65.4 Å². The van der Waals surface area contributed by atoms with Gasteiger partial charge in [-0.3, -0.25) is 9.59 Å². The number of aromatic nitrogens is 1. The smallest absolute Gasteiger partial charge is 0.355 e. The number of aryl methyl sites for hydroxylation is 1. The molecule has 0 unspecified atom stereocenters. The number of H-pyrrole nitrogens is 1. The van der Waals surface area contributed by atoms with E-state index in [9.17, 15) is 14.4 Å². The quantitative estimate of drug-likeness (QED) is 0.701. The van der Waals surface area contributed by atoms with Gasteiger partial charge in [0.05, 0.1) is 12.5 Å². The summed E-state index contributed by atoms with van der Waals surface area (Å²) in [6.07, 6.45) is 4.85. The highest BCUT2D eigenvalue weighted by Crippen LogP contribution is 2.25. The Morgan fingerprint density at radius 3 is 2.45 bits per heavy atom. The Morgan fingerprint density at radius 2 is 1.77 bits per heavy atom. The van der Waals surface area contributed by atoms with Crippen LogP contribution in [0.5, 0.6) is 0 Å². The molecule has 7 heteroatoms. The Bertz CT molecular complexity index is 808. The number of carbonyl (C=O) groups is 3. The van der Waals surface area contributed by atoms with E-state index in [2.05, 4.69) is 11.9 Å². The second kappa shape index (κ2) is 10.3. The fourth-order valence-electron chi connectivity index (χ4n) is 4.85. The predicted molar refractivity (Wildman–Crippen MR) is 119 cm³/mol. The maximum absolute atomic E-state index is 13.0. The second-order valence-corrected chi connectivity index (χ2v) is 9.14. The molecule has 172 valence electrons. The first kappa shape index (κ1) is 23.4. The van der Waals surface area contributed by atoms with Crippen LogP contribution in [0.3, 0.4) is 0 Å². The maximum atomic E-state index is 13.0. The molecule has 0 bridgehead atoms. The number of nitrogens with zero attached hydrogens (tertiary/aromatic N) is 2. The summed E-state index contributed by atoms with van der Waals surface area (Å²) in [5.74, 6) is 0.573. The van der Waals surface area contributed by atoms with Crippen molar-refractivity contribution < 1.29 is 19.1 Å². The van der Waals surface area contributed by atoms with Crippen LogP contribution in [-0.2, 0) is 20.7 Å². The molecule has 0 saturated carbocycles. The highest BCUT2D eigenvalue weighted by atomic mass is 16.5. The van der Waals surface area contributed by atoms with Gasteiger partial charge in [0.15, 0.2) is 0 Å². The number of likely N-dealkylation sites (tertiary alicyclic amines) is 2. The van der Waals surface area contributed by atoms with E-state index in [1.54, 1.807) is 6.92 Å². The lowest BCUT2D eigenvalue weighted by atomic mass is 9.93. The molecule has 1 aromatic rings. The first-order valence-corrected chi connectivity index (χ1v) is 11.7. The van der Waals surface area contributed by atoms with Gasteiger partial charge >= 0.3 is 5.97 Å². The monoisotopic (exact) mass is 431 g/mol. The molecule has 2 aliphatic heterocycles. The lowest BCUT2D eigenvalue weighted by Crippen LogP contribution is -2.48. The van der Waals surface area contributed by atoms with Crippen LogP contribution in [0, 0.1) is 25.7 Å². The molecule has 2 fully saturated rings. The number of esters is 1. The molecule has 0 spiro atoms. The maximum Gasteiger partial charge on any atom is 0.355 e. The molecule has 1 N–H and O–H groups in total. The Labute approximate surface area is 185 Å². The minimum Gasteiger partial charge on any atom is -0.461 e. The molecular weight excluding hydrogens is 394 g/mol. The third-order valence-electron chi connectivity index (χ3n) is 6.88. The number of ether oxygens (including phenoxy) is 1. The summed E-state index contributed by atoms with van der Waals surface area (Å²) >= 11 is 0. The van der Waals surface area contributed by atoms with Crippen LogP contribution >= 0.6 is 0 Å². The second-order valence-electron chi connectivity index (χ2n) is 9.14. The van der Waals surface area contributed by atoms with Crippen molar-refractivity contribution >= 4 is 17.8 Å². The van der Waals surface area contributed by atoms with E-state index < -0.39 is 0 Å². The summed E-state index contributed by atoms with van der Waals surface area (Å²) in [5.41, 5.74) is 3.24. The topological polar surface area (TPSA) is 82.7 Å². The number of piperidine rings is 2. The molecular formula is C24H37N3O4. The summed E-state index contributed by atoms with van der Waals surface area (Å²) in [4.78, 5) is 45.0. The Hall–Kier alpha value is -2.31. The van der Waals surface area contributed by atoms with Crippen LogP contribution in [0.1, 0.15) is 73.3 Å². The van der Waals surface area contributed by atoms with Crippen LogP contribution in [0.25, 0.3) is 0 Å². The Kier molecular flexibility index (Phi) is 7.79. The third-order valence-corrected chi connectivity index (χ3v) is 6.88. The van der Waals surface area contributed by atoms with Crippen LogP contribution in [0.4, 0.5) is 0 Å². The van der Waals surface area contributed by atoms with E-state index in [1.165, 1.54) is 0 Å². The van der Waals surface area contributed by atoms with Gasteiger partial charge in [-0.15, -0.1) is 0 Å². The van der Waals surface area contributed by atoms with Crippen LogP contribution in [0.2, 0.25) is 0 Å². The molecule has 2 saturated heterocycles. The fourth-order valence-corrected chi connectivity index (χ4v) is 4.85. The number of amides is 2. The molecule has 0 aromatic carbocycles. The van der Waals surface area contributed by atoms with E-state index in [1.807, 2.05) is 23.6 Å². The minimum atomic E-state index is -0.356. The first-order valence-electron chi connectivity index (χ1n) is 11.7. The van der Waals surface area contributed by atoms with Gasteiger partial charge < -0.3 is 19.5 Å². The Balaban J connectivity index is 1.56. The standard InChI is InChI=1S/C24H37N3O4/c1-5-31-24(30)22-17(3)20(18(4)25-22)8-9-21(28)27-12-6-7-19(15-27)23(29)26-13-10-16(2)11-14-26/h16,19,25H,5-15H2,1-4H3/t19-/m1/s1. The molecule has 2 amide bonds. The minimum absolute atomic E-state index is 0.0720. The van der Waals surface area contributed by atoms with Gasteiger partial charge in [0, 0.05) is 38.3 Å². The molecule has 1 aromatic heterocycles. The normalized spacial score (nSPS) is 20.1. The lowest BCUT2D eigenvalue weighted by molar-refractivity contribution is -0.141. The largest absolute Gasteiger partial charge is 0.461 e. The average Bonchev–Trinajstić information content (AvgIpc) is 3.05. The molecule has 31 heavy (non-hydrogen) atoms. The van der Waals surface area contributed by atoms with Gasteiger partial charge in [-0.1, -0.05) is 6.92 Å². The third kappa shape index (κ3) is 5.49. The number of nitrogens with one attached hydrogen (secondary N) is 1. The van der Waals surface area contributed by atoms with Crippen molar-refractivity contribution in [3.8, 4) is 0 Å². The van der Waals surface area contributed by atoms with Crippen molar-refractivity contribution in [1.82, 2.24) is 14.8 Å². The number of hydrogen-bond donors (Lipinski definition) is 1. The van der Waals surface area contributed by atoms with Gasteiger partial charge in [-0.05, 0) is 69.9 Å². The SMILES string of the molecule is CCOC(=O)c1[nH]c(C)c(CCC(=O)N2CCC[C@@H](C(=O)N3CCC(C)CC3)C2)c1C. The number of rotatable bonds is 6. The highest BCUT2D eigenvalue weighted by Gasteiger charge is 2.32. The summed E-state index contributed by atoms with van der Waals surface area (Å²) < 4.78 is 5.11. The van der Waals surface area contributed by atoms with Gasteiger partial charge in [-0.25, -0.2) is 4.79 Å². The van der Waals surface area contributed by atoms with Crippen molar-refractivity contribution in [2.24, 2.45) is 11.8 Å². The number of carbonyl (C=O) groups excluding carboxylic acids is 3. The van der Waals surface area contributed by atoms with Crippen molar-refractivity contribution in [2.75, 3.05) is 32.8 Å². The lowest BCUT2D eigenvalue weighted by Gasteiger charge is -2.37. The van der Waals surface area contributed by atoms with Gasteiger partial charge in [0.1, 0.15) is 5.69 Å². The molecule has 0 aliphatic carbocycles. The van der Waals surface area contributed by atoms with E-state index in [-0.39, 0.29) is 23.7 Å². The van der Waals surface area contributed by atoms with Gasteiger partial charge in [0.2, 0.25) is 11.8 Å². The summed E-state index contributed by atoms with van der Waals surface area (Å²) in [6.45, 7) is 11.1. The summed E-state index contributed by atoms with van der Waals surface area (Å²) in [7, 11) is 0. The average molecular weight is 432 g/mol. The molecule has 1 atom stereocenters. The van der Waals surface area contributed by atoms with E-state index in [0.29, 0.717) is 37.6 Å². The summed E-state index contributed by atoms with van der Waals surface area (Å²) in [5, 5.41) is 0. The van der Waals surface area contributed by atoms with Crippen molar-refractivity contribution in [3.05, 3.63) is 22.5 Å². The van der Waals surface area contributed by atoms with Gasteiger partial charge in [0.25, 0.3) is 0 Å². The zero-order valence-corrected chi connectivity index (χ0v) is 19.5.